The Morgan fingerprint density at radius 2 is 2.17 bits per heavy atom. The molecule has 0 aliphatic carbocycles. The van der Waals surface area contributed by atoms with Crippen LogP contribution < -0.4 is 11.1 Å². The van der Waals surface area contributed by atoms with Crippen LogP contribution in [0.2, 0.25) is 0 Å². The molecule has 1 unspecified atom stereocenters. The van der Waals surface area contributed by atoms with Crippen molar-refractivity contribution < 1.29 is 12.8 Å². The van der Waals surface area contributed by atoms with Gasteiger partial charge in [-0.3, -0.25) is 0 Å². The molecule has 1 aliphatic heterocycles. The number of hydrogen-bond donors (Lipinski definition) is 2. The highest BCUT2D eigenvalue weighted by Gasteiger charge is 2.41. The highest BCUT2D eigenvalue weighted by molar-refractivity contribution is 7.89. The Bertz CT molecular complexity index is 735. The van der Waals surface area contributed by atoms with Crippen LogP contribution in [0.15, 0.2) is 23.2 Å². The quantitative estimate of drug-likeness (QED) is 0.874. The SMILES string of the molecule is CCC(C)Nc1ccc(F)c([C@]2(C)CS(=O)(=O)N(C)C(N)=N2)c1. The predicted octanol–water partition coefficient (Wildman–Crippen LogP) is 1.84. The van der Waals surface area contributed by atoms with Gasteiger partial charge in [0.1, 0.15) is 11.4 Å². The van der Waals surface area contributed by atoms with Crippen LogP contribution in [0.4, 0.5) is 10.1 Å². The van der Waals surface area contributed by atoms with Gasteiger partial charge in [0.15, 0.2) is 0 Å². The summed E-state index contributed by atoms with van der Waals surface area (Å²) in [6.07, 6.45) is 0.911. The van der Waals surface area contributed by atoms with Gasteiger partial charge in [-0.05, 0) is 38.5 Å². The van der Waals surface area contributed by atoms with Gasteiger partial charge in [0.2, 0.25) is 16.0 Å². The second kappa shape index (κ2) is 5.99. The number of aliphatic imine (C=N–C) groups is 1. The summed E-state index contributed by atoms with van der Waals surface area (Å²) in [5, 5.41) is 3.25. The normalized spacial score (nSPS) is 24.9. The summed E-state index contributed by atoms with van der Waals surface area (Å²) >= 11 is 0. The number of nitrogens with zero attached hydrogens (tertiary/aromatic N) is 2. The molecule has 1 aromatic rings. The van der Waals surface area contributed by atoms with Crippen molar-refractivity contribution in [2.75, 3.05) is 18.1 Å². The molecule has 128 valence electrons. The molecule has 2 rings (SSSR count). The Hall–Kier alpha value is -1.83. The van der Waals surface area contributed by atoms with E-state index in [0.29, 0.717) is 0 Å². The third kappa shape index (κ3) is 3.41. The molecule has 8 heteroatoms. The molecule has 23 heavy (non-hydrogen) atoms. The maximum absolute atomic E-state index is 14.3. The molecule has 0 amide bonds. The van der Waals surface area contributed by atoms with E-state index in [1.807, 2.05) is 13.8 Å². The highest BCUT2D eigenvalue weighted by Crippen LogP contribution is 2.34. The summed E-state index contributed by atoms with van der Waals surface area (Å²) in [7, 11) is -2.29. The van der Waals surface area contributed by atoms with Gasteiger partial charge < -0.3 is 11.1 Å². The number of rotatable bonds is 4. The van der Waals surface area contributed by atoms with Crippen LogP contribution in [0.25, 0.3) is 0 Å². The molecule has 0 bridgehead atoms. The van der Waals surface area contributed by atoms with Gasteiger partial charge >= 0.3 is 0 Å². The Labute approximate surface area is 136 Å². The number of benzene rings is 1. The average Bonchev–Trinajstić information content (AvgIpc) is 2.46. The van der Waals surface area contributed by atoms with E-state index in [1.165, 1.54) is 13.1 Å². The summed E-state index contributed by atoms with van der Waals surface area (Å²) in [6, 6.07) is 4.78. The first-order valence-electron chi connectivity index (χ1n) is 7.47. The minimum atomic E-state index is -3.63. The van der Waals surface area contributed by atoms with Crippen molar-refractivity contribution in [2.45, 2.75) is 38.8 Å². The Morgan fingerprint density at radius 3 is 2.74 bits per heavy atom. The van der Waals surface area contributed by atoms with Crippen LogP contribution >= 0.6 is 0 Å². The van der Waals surface area contributed by atoms with Crippen LogP contribution in [0.3, 0.4) is 0 Å². The first-order chi connectivity index (χ1) is 10.6. The van der Waals surface area contributed by atoms with Gasteiger partial charge in [0, 0.05) is 24.3 Å². The van der Waals surface area contributed by atoms with Crippen LogP contribution in [0.5, 0.6) is 0 Å². The minimum absolute atomic E-state index is 0.140. The molecule has 6 nitrogen and oxygen atoms in total. The number of nitrogens with two attached hydrogens (primary N) is 1. The maximum atomic E-state index is 14.3. The van der Waals surface area contributed by atoms with Crippen molar-refractivity contribution in [2.24, 2.45) is 10.7 Å². The fraction of sp³-hybridized carbons (Fsp3) is 0.533. The summed E-state index contributed by atoms with van der Waals surface area (Å²) in [4.78, 5) is 4.24. The fourth-order valence-corrected chi connectivity index (χ4v) is 3.95. The third-order valence-corrected chi connectivity index (χ3v) is 6.09. The van der Waals surface area contributed by atoms with Gasteiger partial charge in [0.05, 0.1) is 5.75 Å². The van der Waals surface area contributed by atoms with E-state index < -0.39 is 21.4 Å². The zero-order valence-electron chi connectivity index (χ0n) is 13.8. The molecule has 0 spiro atoms. The van der Waals surface area contributed by atoms with E-state index in [2.05, 4.69) is 10.3 Å². The fourth-order valence-electron chi connectivity index (χ4n) is 2.50. The molecule has 0 saturated heterocycles. The second-order valence-electron chi connectivity index (χ2n) is 6.12. The molecule has 1 aliphatic rings. The molecular formula is C15H23FN4O2S. The maximum Gasteiger partial charge on any atom is 0.239 e. The standard InChI is InChI=1S/C15H23FN4O2S/c1-5-10(2)18-11-6-7-13(16)12(8-11)15(3)9-23(21,22)20(4)14(17)19-15/h6-8,10,18H,5,9H2,1-4H3,(H2,17,19)/t10?,15-/m0/s1. The van der Waals surface area contributed by atoms with Crippen LogP contribution in [-0.4, -0.2) is 37.5 Å². The topological polar surface area (TPSA) is 87.8 Å². The molecule has 2 atom stereocenters. The van der Waals surface area contributed by atoms with Gasteiger partial charge in [-0.15, -0.1) is 0 Å². The number of guanidine groups is 1. The third-order valence-electron chi connectivity index (χ3n) is 4.14. The number of hydrogen-bond acceptors (Lipinski definition) is 5. The average molecular weight is 342 g/mol. The van der Waals surface area contributed by atoms with Crippen molar-refractivity contribution in [1.29, 1.82) is 0 Å². The van der Waals surface area contributed by atoms with Crippen LogP contribution in [0, 0.1) is 5.82 Å². The van der Waals surface area contributed by atoms with E-state index in [9.17, 15) is 12.8 Å². The summed E-state index contributed by atoms with van der Waals surface area (Å²) < 4.78 is 39.7. The molecular weight excluding hydrogens is 319 g/mol. The lowest BCUT2D eigenvalue weighted by atomic mass is 9.93. The molecule has 1 aromatic carbocycles. The zero-order valence-corrected chi connectivity index (χ0v) is 14.6. The minimum Gasteiger partial charge on any atom is -0.383 e. The Kier molecular flexibility index (Phi) is 4.57. The van der Waals surface area contributed by atoms with Gasteiger partial charge in [0.25, 0.3) is 0 Å². The lowest BCUT2D eigenvalue weighted by Gasteiger charge is -2.34. The molecule has 0 aromatic heterocycles. The summed E-state index contributed by atoms with van der Waals surface area (Å²) in [5.41, 5.74) is 5.40. The summed E-state index contributed by atoms with van der Waals surface area (Å²) in [6.45, 7) is 5.63. The number of anilines is 1. The number of nitrogens with one attached hydrogen (secondary N) is 1. The van der Waals surface area contributed by atoms with Crippen molar-refractivity contribution in [3.05, 3.63) is 29.6 Å². The Balaban J connectivity index is 2.50. The second-order valence-corrected chi connectivity index (χ2v) is 8.12. The van der Waals surface area contributed by atoms with E-state index >= 15 is 0 Å². The molecule has 3 N–H and O–H groups in total. The summed E-state index contributed by atoms with van der Waals surface area (Å²) in [5.74, 6) is -0.974. The first kappa shape index (κ1) is 17.5. The zero-order chi connectivity index (χ0) is 17.4. The lowest BCUT2D eigenvalue weighted by molar-refractivity contribution is 0.458. The highest BCUT2D eigenvalue weighted by atomic mass is 32.2. The number of sulfonamides is 1. The largest absolute Gasteiger partial charge is 0.383 e. The van der Waals surface area contributed by atoms with E-state index in [4.69, 9.17) is 5.73 Å². The van der Waals surface area contributed by atoms with Crippen LogP contribution in [-0.2, 0) is 15.6 Å². The molecule has 0 radical (unpaired) electrons. The van der Waals surface area contributed by atoms with Gasteiger partial charge in [-0.25, -0.2) is 22.1 Å². The first-order valence-corrected chi connectivity index (χ1v) is 9.08. The lowest BCUT2D eigenvalue weighted by Crippen LogP contribution is -2.50. The molecule has 1 heterocycles. The molecule has 0 saturated carbocycles. The molecule has 0 fully saturated rings. The van der Waals surface area contributed by atoms with E-state index in [-0.39, 0.29) is 23.3 Å². The van der Waals surface area contributed by atoms with Crippen molar-refractivity contribution >= 4 is 21.7 Å². The van der Waals surface area contributed by atoms with Gasteiger partial charge in [-0.2, -0.15) is 0 Å². The smallest absolute Gasteiger partial charge is 0.239 e. The monoisotopic (exact) mass is 342 g/mol. The number of halogens is 1. The van der Waals surface area contributed by atoms with Crippen molar-refractivity contribution in [1.82, 2.24) is 4.31 Å². The van der Waals surface area contributed by atoms with Crippen LogP contribution in [0.1, 0.15) is 32.8 Å². The van der Waals surface area contributed by atoms with E-state index in [0.717, 1.165) is 16.4 Å². The van der Waals surface area contributed by atoms with Crippen molar-refractivity contribution in [3.8, 4) is 0 Å². The Morgan fingerprint density at radius 1 is 1.52 bits per heavy atom. The van der Waals surface area contributed by atoms with Gasteiger partial charge in [-0.1, -0.05) is 6.92 Å². The van der Waals surface area contributed by atoms with E-state index in [1.54, 1.807) is 19.1 Å². The predicted molar refractivity (Wildman–Crippen MR) is 90.3 cm³/mol. The van der Waals surface area contributed by atoms with Crippen molar-refractivity contribution in [3.63, 3.8) is 0 Å².